The Balaban J connectivity index is 0.00000220. The Morgan fingerprint density at radius 1 is 1.48 bits per heavy atom. The van der Waals surface area contributed by atoms with Crippen LogP contribution in [0, 0.1) is 5.82 Å². The standard InChI is InChI=1S/C14H17Cl2FN2O.ClH/c1-8(10-6-13(17)12(16)7-11(10)15)19-14(20)5-9-3-2-4-18-9;/h6-9,18H,2-5H2,1H3,(H,19,20);1H. The largest absolute Gasteiger partial charge is 0.349 e. The molecule has 2 N–H and O–H groups in total. The predicted molar refractivity (Wildman–Crippen MR) is 85.9 cm³/mol. The van der Waals surface area contributed by atoms with Crippen LogP contribution in [0.2, 0.25) is 10.0 Å². The fraction of sp³-hybridized carbons (Fsp3) is 0.500. The maximum Gasteiger partial charge on any atom is 0.222 e. The van der Waals surface area contributed by atoms with Crippen molar-refractivity contribution >= 4 is 41.5 Å². The molecule has 0 aromatic heterocycles. The first kappa shape index (κ1) is 18.5. The minimum Gasteiger partial charge on any atom is -0.349 e. The van der Waals surface area contributed by atoms with Gasteiger partial charge in [-0.3, -0.25) is 4.79 Å². The molecule has 1 aliphatic rings. The second-order valence-electron chi connectivity index (χ2n) is 5.07. The molecule has 1 heterocycles. The fourth-order valence-electron chi connectivity index (χ4n) is 2.40. The molecule has 0 radical (unpaired) electrons. The van der Waals surface area contributed by atoms with Crippen LogP contribution in [0.1, 0.15) is 37.8 Å². The molecule has 2 unspecified atom stereocenters. The maximum atomic E-state index is 13.5. The highest BCUT2D eigenvalue weighted by Crippen LogP contribution is 2.28. The van der Waals surface area contributed by atoms with Crippen molar-refractivity contribution in [2.24, 2.45) is 0 Å². The molecule has 2 rings (SSSR count). The average molecular weight is 356 g/mol. The molecule has 1 aromatic rings. The smallest absolute Gasteiger partial charge is 0.222 e. The van der Waals surface area contributed by atoms with E-state index in [0.29, 0.717) is 17.0 Å². The average Bonchev–Trinajstić information content (AvgIpc) is 2.86. The summed E-state index contributed by atoms with van der Waals surface area (Å²) in [4.78, 5) is 11.9. The Morgan fingerprint density at radius 2 is 2.19 bits per heavy atom. The zero-order chi connectivity index (χ0) is 14.7. The van der Waals surface area contributed by atoms with Crippen molar-refractivity contribution in [1.29, 1.82) is 0 Å². The lowest BCUT2D eigenvalue weighted by Crippen LogP contribution is -2.33. The minimum atomic E-state index is -0.537. The molecular formula is C14H18Cl3FN2O. The number of halogens is 4. The highest BCUT2D eigenvalue weighted by Gasteiger charge is 2.20. The van der Waals surface area contributed by atoms with Crippen LogP contribution in [0.3, 0.4) is 0 Å². The third-order valence-electron chi connectivity index (χ3n) is 3.48. The first-order valence-corrected chi connectivity index (χ1v) is 7.40. The summed E-state index contributed by atoms with van der Waals surface area (Å²) < 4.78 is 13.5. The monoisotopic (exact) mass is 354 g/mol. The Kier molecular flexibility index (Phi) is 7.21. The number of hydrogen-bond acceptors (Lipinski definition) is 2. The van der Waals surface area contributed by atoms with Gasteiger partial charge in [0.1, 0.15) is 5.82 Å². The van der Waals surface area contributed by atoms with Gasteiger partial charge in [0.15, 0.2) is 0 Å². The van der Waals surface area contributed by atoms with Crippen LogP contribution in [0.5, 0.6) is 0 Å². The number of nitrogens with one attached hydrogen (secondary N) is 2. The Hall–Kier alpha value is -0.550. The van der Waals surface area contributed by atoms with Crippen molar-refractivity contribution < 1.29 is 9.18 Å². The van der Waals surface area contributed by atoms with Crippen LogP contribution in [0.4, 0.5) is 4.39 Å². The molecule has 0 aliphatic carbocycles. The second kappa shape index (κ2) is 8.18. The second-order valence-corrected chi connectivity index (χ2v) is 5.89. The van der Waals surface area contributed by atoms with Crippen molar-refractivity contribution in [3.8, 4) is 0 Å². The lowest BCUT2D eigenvalue weighted by molar-refractivity contribution is -0.122. The summed E-state index contributed by atoms with van der Waals surface area (Å²) >= 11 is 11.7. The number of benzene rings is 1. The Bertz CT molecular complexity index is 507. The van der Waals surface area contributed by atoms with Gasteiger partial charge in [0.25, 0.3) is 0 Å². The van der Waals surface area contributed by atoms with E-state index in [-0.39, 0.29) is 35.4 Å². The lowest BCUT2D eigenvalue weighted by Gasteiger charge is -2.18. The summed E-state index contributed by atoms with van der Waals surface area (Å²) in [5.74, 6) is -0.604. The lowest BCUT2D eigenvalue weighted by atomic mass is 10.1. The van der Waals surface area contributed by atoms with Gasteiger partial charge >= 0.3 is 0 Å². The van der Waals surface area contributed by atoms with Crippen LogP contribution >= 0.6 is 35.6 Å². The van der Waals surface area contributed by atoms with Gasteiger partial charge in [-0.1, -0.05) is 23.2 Å². The van der Waals surface area contributed by atoms with E-state index in [4.69, 9.17) is 23.2 Å². The topological polar surface area (TPSA) is 41.1 Å². The molecule has 1 aliphatic heterocycles. The summed E-state index contributed by atoms with van der Waals surface area (Å²) in [5, 5.41) is 6.43. The van der Waals surface area contributed by atoms with E-state index in [1.165, 1.54) is 12.1 Å². The van der Waals surface area contributed by atoms with Gasteiger partial charge in [-0.15, -0.1) is 12.4 Å². The molecule has 0 bridgehead atoms. The van der Waals surface area contributed by atoms with E-state index in [1.54, 1.807) is 6.92 Å². The summed E-state index contributed by atoms with van der Waals surface area (Å²) in [7, 11) is 0. The van der Waals surface area contributed by atoms with Crippen molar-refractivity contribution in [3.05, 3.63) is 33.6 Å². The van der Waals surface area contributed by atoms with Crippen molar-refractivity contribution in [3.63, 3.8) is 0 Å². The summed E-state index contributed by atoms with van der Waals surface area (Å²) in [5.41, 5.74) is 0.529. The van der Waals surface area contributed by atoms with Gasteiger partial charge in [0.05, 0.1) is 11.1 Å². The third-order valence-corrected chi connectivity index (χ3v) is 4.09. The normalized spacial score (nSPS) is 19.0. The highest BCUT2D eigenvalue weighted by atomic mass is 35.5. The number of amides is 1. The third kappa shape index (κ3) is 4.99. The van der Waals surface area contributed by atoms with Gasteiger partial charge in [-0.2, -0.15) is 0 Å². The van der Waals surface area contributed by atoms with Crippen molar-refractivity contribution in [1.82, 2.24) is 10.6 Å². The summed E-state index contributed by atoms with van der Waals surface area (Å²) in [6.07, 6.45) is 2.54. The molecule has 21 heavy (non-hydrogen) atoms. The quantitative estimate of drug-likeness (QED) is 0.805. The predicted octanol–water partition coefficient (Wildman–Crippen LogP) is 3.87. The van der Waals surface area contributed by atoms with E-state index in [2.05, 4.69) is 10.6 Å². The SMILES string of the molecule is CC(NC(=O)CC1CCCN1)c1cc(F)c(Cl)cc1Cl.Cl. The summed E-state index contributed by atoms with van der Waals surface area (Å²) in [6.45, 7) is 2.73. The van der Waals surface area contributed by atoms with Crippen LogP contribution < -0.4 is 10.6 Å². The molecule has 1 aromatic carbocycles. The number of rotatable bonds is 4. The van der Waals surface area contributed by atoms with Crippen LogP contribution in [0.25, 0.3) is 0 Å². The Morgan fingerprint density at radius 3 is 2.81 bits per heavy atom. The van der Waals surface area contributed by atoms with E-state index in [0.717, 1.165) is 19.4 Å². The molecule has 1 fully saturated rings. The molecule has 1 amide bonds. The zero-order valence-electron chi connectivity index (χ0n) is 11.6. The van der Waals surface area contributed by atoms with Crippen LogP contribution in [0.15, 0.2) is 12.1 Å². The van der Waals surface area contributed by atoms with E-state index in [1.807, 2.05) is 0 Å². The molecular weight excluding hydrogens is 338 g/mol. The molecule has 2 atom stereocenters. The fourth-order valence-corrected chi connectivity index (χ4v) is 2.95. The first-order chi connectivity index (χ1) is 9.47. The van der Waals surface area contributed by atoms with Crippen molar-refractivity contribution in [2.45, 2.75) is 38.3 Å². The van der Waals surface area contributed by atoms with Gasteiger partial charge in [-0.05, 0) is 44.0 Å². The number of carbonyl (C=O) groups is 1. The van der Waals surface area contributed by atoms with Gasteiger partial charge < -0.3 is 10.6 Å². The van der Waals surface area contributed by atoms with E-state index >= 15 is 0 Å². The zero-order valence-corrected chi connectivity index (χ0v) is 13.9. The van der Waals surface area contributed by atoms with Gasteiger partial charge in [-0.25, -0.2) is 4.39 Å². The van der Waals surface area contributed by atoms with E-state index < -0.39 is 5.82 Å². The van der Waals surface area contributed by atoms with Gasteiger partial charge in [0, 0.05) is 17.5 Å². The van der Waals surface area contributed by atoms with Crippen LogP contribution in [-0.2, 0) is 4.79 Å². The van der Waals surface area contributed by atoms with Gasteiger partial charge in [0.2, 0.25) is 5.91 Å². The molecule has 0 saturated carbocycles. The Labute approximate surface area is 140 Å². The molecule has 7 heteroatoms. The minimum absolute atomic E-state index is 0. The van der Waals surface area contributed by atoms with Crippen molar-refractivity contribution in [2.75, 3.05) is 6.54 Å². The van der Waals surface area contributed by atoms with E-state index in [9.17, 15) is 9.18 Å². The summed E-state index contributed by atoms with van der Waals surface area (Å²) in [6, 6.07) is 2.50. The molecule has 1 saturated heterocycles. The highest BCUT2D eigenvalue weighted by molar-refractivity contribution is 6.35. The molecule has 118 valence electrons. The molecule has 0 spiro atoms. The first-order valence-electron chi connectivity index (χ1n) is 6.64. The number of hydrogen-bond donors (Lipinski definition) is 2. The maximum absolute atomic E-state index is 13.5. The number of carbonyl (C=O) groups excluding carboxylic acids is 1. The van der Waals surface area contributed by atoms with Crippen LogP contribution in [-0.4, -0.2) is 18.5 Å². The molecule has 3 nitrogen and oxygen atoms in total.